The van der Waals surface area contributed by atoms with Crippen molar-refractivity contribution >= 4 is 10.0 Å². The van der Waals surface area contributed by atoms with Crippen LogP contribution in [-0.4, -0.2) is 66.8 Å². The first-order valence-corrected chi connectivity index (χ1v) is 8.63. The quantitative estimate of drug-likeness (QED) is 0.786. The van der Waals surface area contributed by atoms with E-state index < -0.39 is 10.0 Å². The van der Waals surface area contributed by atoms with Crippen molar-refractivity contribution in [1.29, 1.82) is 0 Å². The summed E-state index contributed by atoms with van der Waals surface area (Å²) in [4.78, 5) is 2.27. The number of rotatable bonds is 2. The van der Waals surface area contributed by atoms with Crippen LogP contribution in [0.25, 0.3) is 0 Å². The zero-order valence-electron chi connectivity index (χ0n) is 11.2. The molecule has 0 amide bonds. The molecule has 2 unspecified atom stereocenters. The van der Waals surface area contributed by atoms with Crippen molar-refractivity contribution in [3.05, 3.63) is 0 Å². The van der Waals surface area contributed by atoms with Crippen LogP contribution in [0.2, 0.25) is 0 Å². The van der Waals surface area contributed by atoms with Gasteiger partial charge in [0, 0.05) is 31.7 Å². The molecule has 106 valence electrons. The lowest BCUT2D eigenvalue weighted by Crippen LogP contribution is -2.58. The van der Waals surface area contributed by atoms with E-state index >= 15 is 0 Å². The van der Waals surface area contributed by atoms with Crippen molar-refractivity contribution in [1.82, 2.24) is 9.21 Å². The van der Waals surface area contributed by atoms with Gasteiger partial charge < -0.3 is 5.11 Å². The molecule has 0 spiro atoms. The fourth-order valence-corrected chi connectivity index (χ4v) is 4.41. The zero-order chi connectivity index (χ0) is 13.3. The van der Waals surface area contributed by atoms with Crippen molar-refractivity contribution in [2.24, 2.45) is 0 Å². The molecule has 1 aliphatic heterocycles. The Labute approximate surface area is 110 Å². The third-order valence-corrected chi connectivity index (χ3v) is 5.58. The Morgan fingerprint density at radius 1 is 1.17 bits per heavy atom. The molecule has 2 aliphatic rings. The average Bonchev–Trinajstić information content (AvgIpc) is 2.27. The van der Waals surface area contributed by atoms with Gasteiger partial charge in [-0.1, -0.05) is 12.8 Å². The van der Waals surface area contributed by atoms with Crippen molar-refractivity contribution < 1.29 is 13.5 Å². The van der Waals surface area contributed by atoms with Gasteiger partial charge in [0.1, 0.15) is 0 Å². The Kier molecular flexibility index (Phi) is 4.31. The molecule has 1 N–H and O–H groups in total. The van der Waals surface area contributed by atoms with Gasteiger partial charge in [0.05, 0.1) is 12.4 Å². The summed E-state index contributed by atoms with van der Waals surface area (Å²) in [6, 6.07) is 0.228. The fraction of sp³-hybridized carbons (Fsp3) is 1.00. The Morgan fingerprint density at radius 3 is 2.39 bits per heavy atom. The predicted molar refractivity (Wildman–Crippen MR) is 70.8 cm³/mol. The SMILES string of the molecule is C[C@H]1CN(C2CCCCC2O)CCN1S(C)(=O)=O. The second kappa shape index (κ2) is 5.45. The monoisotopic (exact) mass is 276 g/mol. The normalized spacial score (nSPS) is 36.7. The van der Waals surface area contributed by atoms with Crippen LogP contribution in [0.4, 0.5) is 0 Å². The summed E-state index contributed by atoms with van der Waals surface area (Å²) in [6.45, 7) is 3.96. The molecule has 0 aromatic rings. The largest absolute Gasteiger partial charge is 0.391 e. The Hall–Kier alpha value is -0.170. The summed E-state index contributed by atoms with van der Waals surface area (Å²) in [5.74, 6) is 0. The highest BCUT2D eigenvalue weighted by molar-refractivity contribution is 7.88. The van der Waals surface area contributed by atoms with E-state index in [0.29, 0.717) is 6.54 Å². The standard InChI is InChI=1S/C12H24N2O3S/c1-10-9-13(7-8-14(10)18(2,16)17)11-5-3-4-6-12(11)15/h10-12,15H,3-9H2,1-2H3/t10-,11?,12?/m0/s1. The second-order valence-corrected chi connectivity index (χ2v) is 7.57. The summed E-state index contributed by atoms with van der Waals surface area (Å²) in [6.07, 6.45) is 5.22. The number of hydrogen-bond acceptors (Lipinski definition) is 4. The summed E-state index contributed by atoms with van der Waals surface area (Å²) < 4.78 is 24.8. The van der Waals surface area contributed by atoms with E-state index in [-0.39, 0.29) is 18.2 Å². The highest BCUT2D eigenvalue weighted by atomic mass is 32.2. The molecule has 2 fully saturated rings. The van der Waals surface area contributed by atoms with Gasteiger partial charge in [-0.2, -0.15) is 4.31 Å². The van der Waals surface area contributed by atoms with Crippen LogP contribution in [0.1, 0.15) is 32.6 Å². The Balaban J connectivity index is 1.99. The van der Waals surface area contributed by atoms with E-state index in [4.69, 9.17) is 0 Å². The fourth-order valence-electron chi connectivity index (χ4n) is 3.28. The van der Waals surface area contributed by atoms with Crippen LogP contribution in [0.15, 0.2) is 0 Å². The van der Waals surface area contributed by atoms with E-state index in [2.05, 4.69) is 4.90 Å². The number of piperazine rings is 1. The summed E-state index contributed by atoms with van der Waals surface area (Å²) in [5, 5.41) is 10.1. The maximum Gasteiger partial charge on any atom is 0.211 e. The third kappa shape index (κ3) is 3.04. The topological polar surface area (TPSA) is 60.9 Å². The van der Waals surface area contributed by atoms with Crippen molar-refractivity contribution in [2.75, 3.05) is 25.9 Å². The first kappa shape index (κ1) is 14.2. The lowest BCUT2D eigenvalue weighted by Gasteiger charge is -2.44. The molecule has 18 heavy (non-hydrogen) atoms. The van der Waals surface area contributed by atoms with E-state index in [1.807, 2.05) is 6.92 Å². The minimum Gasteiger partial charge on any atom is -0.391 e. The van der Waals surface area contributed by atoms with Crippen LogP contribution in [0, 0.1) is 0 Å². The molecule has 1 saturated heterocycles. The molecule has 0 aromatic heterocycles. The molecule has 3 atom stereocenters. The number of hydrogen-bond donors (Lipinski definition) is 1. The van der Waals surface area contributed by atoms with Crippen molar-refractivity contribution in [3.63, 3.8) is 0 Å². The summed E-state index contributed by atoms with van der Waals surface area (Å²) >= 11 is 0. The maximum absolute atomic E-state index is 11.6. The van der Waals surface area contributed by atoms with Gasteiger partial charge in [0.25, 0.3) is 0 Å². The molecular weight excluding hydrogens is 252 g/mol. The summed E-state index contributed by atoms with van der Waals surface area (Å²) in [5.41, 5.74) is 0. The van der Waals surface area contributed by atoms with Crippen LogP contribution in [0.3, 0.4) is 0 Å². The second-order valence-electron chi connectivity index (χ2n) is 5.64. The van der Waals surface area contributed by atoms with E-state index in [1.165, 1.54) is 12.7 Å². The van der Waals surface area contributed by atoms with Crippen LogP contribution >= 0.6 is 0 Å². The molecule has 1 aliphatic carbocycles. The minimum atomic E-state index is -3.10. The number of nitrogens with zero attached hydrogens (tertiary/aromatic N) is 2. The smallest absolute Gasteiger partial charge is 0.211 e. The lowest BCUT2D eigenvalue weighted by molar-refractivity contribution is -0.00365. The van der Waals surface area contributed by atoms with Gasteiger partial charge in [0.2, 0.25) is 10.0 Å². The van der Waals surface area contributed by atoms with Gasteiger partial charge in [-0.3, -0.25) is 4.90 Å². The van der Waals surface area contributed by atoms with Gasteiger partial charge >= 0.3 is 0 Å². The molecule has 6 heteroatoms. The van der Waals surface area contributed by atoms with Crippen molar-refractivity contribution in [2.45, 2.75) is 50.8 Å². The molecule has 1 heterocycles. The van der Waals surface area contributed by atoms with Crippen LogP contribution in [-0.2, 0) is 10.0 Å². The molecular formula is C12H24N2O3S. The molecule has 0 radical (unpaired) electrons. The van der Waals surface area contributed by atoms with E-state index in [1.54, 1.807) is 4.31 Å². The van der Waals surface area contributed by atoms with Crippen LogP contribution in [0.5, 0.6) is 0 Å². The average molecular weight is 276 g/mol. The van der Waals surface area contributed by atoms with Crippen molar-refractivity contribution in [3.8, 4) is 0 Å². The highest BCUT2D eigenvalue weighted by Crippen LogP contribution is 2.25. The Morgan fingerprint density at radius 2 is 1.83 bits per heavy atom. The third-order valence-electron chi connectivity index (χ3n) is 4.19. The molecule has 2 rings (SSSR count). The van der Waals surface area contributed by atoms with Gasteiger partial charge in [-0.25, -0.2) is 8.42 Å². The van der Waals surface area contributed by atoms with Crippen LogP contribution < -0.4 is 0 Å². The highest BCUT2D eigenvalue weighted by Gasteiger charge is 2.35. The number of sulfonamides is 1. The predicted octanol–water partition coefficient (Wildman–Crippen LogP) is 0.256. The van der Waals surface area contributed by atoms with Gasteiger partial charge in [-0.05, 0) is 19.8 Å². The Bertz CT molecular complexity index is 385. The molecule has 0 aromatic carbocycles. The minimum absolute atomic E-state index is 0.00266. The van der Waals surface area contributed by atoms with E-state index in [0.717, 1.165) is 32.4 Å². The first-order chi connectivity index (χ1) is 8.39. The van der Waals surface area contributed by atoms with Gasteiger partial charge in [-0.15, -0.1) is 0 Å². The zero-order valence-corrected chi connectivity index (χ0v) is 12.1. The number of aliphatic hydroxyl groups excluding tert-OH is 1. The van der Waals surface area contributed by atoms with E-state index in [9.17, 15) is 13.5 Å². The lowest BCUT2D eigenvalue weighted by atomic mass is 9.90. The summed E-state index contributed by atoms with van der Waals surface area (Å²) in [7, 11) is -3.10. The van der Waals surface area contributed by atoms with Gasteiger partial charge in [0.15, 0.2) is 0 Å². The maximum atomic E-state index is 11.6. The number of aliphatic hydroxyl groups is 1. The molecule has 0 bridgehead atoms. The molecule has 1 saturated carbocycles. The first-order valence-electron chi connectivity index (χ1n) is 6.78. The molecule has 5 nitrogen and oxygen atoms in total.